The van der Waals surface area contributed by atoms with Crippen LogP contribution in [0, 0.1) is 6.92 Å². The highest BCUT2D eigenvalue weighted by Crippen LogP contribution is 2.33. The molecule has 45 heavy (non-hydrogen) atoms. The van der Waals surface area contributed by atoms with Gasteiger partial charge in [0.15, 0.2) is 20.8 Å². The Morgan fingerprint density at radius 1 is 1.02 bits per heavy atom. The highest BCUT2D eigenvalue weighted by atomic mass is 32.2. The van der Waals surface area contributed by atoms with Crippen LogP contribution < -0.4 is 10.2 Å². The second-order valence-electron chi connectivity index (χ2n) is 11.1. The van der Waals surface area contributed by atoms with Gasteiger partial charge >= 0.3 is 6.18 Å². The predicted molar refractivity (Wildman–Crippen MR) is 165 cm³/mol. The van der Waals surface area contributed by atoms with Gasteiger partial charge in [-0.15, -0.1) is 0 Å². The molecule has 1 atom stereocenters. The van der Waals surface area contributed by atoms with Crippen molar-refractivity contribution in [1.82, 2.24) is 14.6 Å². The van der Waals surface area contributed by atoms with Crippen LogP contribution in [-0.2, 0) is 37.4 Å². The molecular formula is C29H33F3N4O6S3. The number of sulfone groups is 1. The van der Waals surface area contributed by atoms with E-state index in [4.69, 9.17) is 0 Å². The summed E-state index contributed by atoms with van der Waals surface area (Å²) in [7, 11) is -8.01. The lowest BCUT2D eigenvalue weighted by Crippen LogP contribution is -2.60. The number of nitrogens with zero attached hydrogens (tertiary/aromatic N) is 3. The molecule has 244 valence electrons. The summed E-state index contributed by atoms with van der Waals surface area (Å²) in [5.74, 6) is -1.65. The summed E-state index contributed by atoms with van der Waals surface area (Å²) in [5, 5.41) is 3.08. The highest BCUT2D eigenvalue weighted by molar-refractivity contribution is 7.91. The van der Waals surface area contributed by atoms with Crippen LogP contribution in [0.3, 0.4) is 0 Å². The zero-order chi connectivity index (χ0) is 33.3. The molecule has 10 nitrogen and oxygen atoms in total. The number of nitrogens with one attached hydrogen (secondary N) is 1. The highest BCUT2D eigenvalue weighted by Gasteiger charge is 2.41. The van der Waals surface area contributed by atoms with Gasteiger partial charge in [0.2, 0.25) is 15.9 Å². The molecule has 1 aromatic heterocycles. The molecule has 3 aromatic rings. The monoisotopic (exact) mass is 686 g/mol. The number of rotatable bonds is 10. The first-order valence-electron chi connectivity index (χ1n) is 13.9. The number of piperazine rings is 1. The van der Waals surface area contributed by atoms with E-state index >= 15 is 0 Å². The predicted octanol–water partition coefficient (Wildman–Crippen LogP) is 4.02. The molecule has 2 heterocycles. The maximum Gasteiger partial charge on any atom is 0.416 e. The Hall–Kier alpha value is -3.34. The Morgan fingerprint density at radius 2 is 1.64 bits per heavy atom. The SMILES string of the molecule is Cc1nc(N2CCN(S(=O)(=O)c3ccc(C(F)(F)F)cc3)[C@@H](C(=O)NCc3ccc(C(C)C)cc3)C2)sc1C(=O)CS(C)(=O)=O. The van der Waals surface area contributed by atoms with Crippen molar-refractivity contribution in [3.63, 3.8) is 0 Å². The molecule has 4 rings (SSSR count). The lowest BCUT2D eigenvalue weighted by molar-refractivity contribution is -0.137. The van der Waals surface area contributed by atoms with Crippen molar-refractivity contribution >= 4 is 48.0 Å². The van der Waals surface area contributed by atoms with Crippen molar-refractivity contribution < 1.29 is 39.6 Å². The minimum Gasteiger partial charge on any atom is -0.351 e. The first-order chi connectivity index (χ1) is 20.9. The molecule has 0 unspecified atom stereocenters. The number of amides is 1. The summed E-state index contributed by atoms with van der Waals surface area (Å²) < 4.78 is 91.0. The number of halogens is 3. The number of alkyl halides is 3. The van der Waals surface area contributed by atoms with Crippen molar-refractivity contribution in [2.45, 2.75) is 50.3 Å². The first-order valence-corrected chi connectivity index (χ1v) is 18.2. The Labute approximate surface area is 264 Å². The zero-order valence-electron chi connectivity index (χ0n) is 25.0. The molecule has 1 amide bonds. The largest absolute Gasteiger partial charge is 0.416 e. The zero-order valence-corrected chi connectivity index (χ0v) is 27.4. The van der Waals surface area contributed by atoms with Gasteiger partial charge in [-0.3, -0.25) is 9.59 Å². The van der Waals surface area contributed by atoms with E-state index in [-0.39, 0.29) is 31.1 Å². The molecule has 2 aromatic carbocycles. The Balaban J connectivity index is 1.62. The quantitative estimate of drug-likeness (QED) is 0.317. The number of benzene rings is 2. The van der Waals surface area contributed by atoms with Crippen LogP contribution in [0.5, 0.6) is 0 Å². The standard InChI is InChI=1S/C29H33F3N4O6S3/c1-18(2)21-7-5-20(6-8-21)15-33-27(38)24-16-35(28-34-19(3)26(43-28)25(37)17-44(4,39)40)13-14-36(24)45(41,42)23-11-9-22(10-12-23)29(30,31)32/h5-12,18,24H,13-17H2,1-4H3,(H,33,38)/t24-/m1/s1. The molecule has 0 spiro atoms. The average Bonchev–Trinajstić information content (AvgIpc) is 3.36. The van der Waals surface area contributed by atoms with E-state index in [0.717, 1.165) is 45.2 Å². The van der Waals surface area contributed by atoms with Gasteiger partial charge in [-0.1, -0.05) is 49.4 Å². The Kier molecular flexibility index (Phi) is 10.1. The Morgan fingerprint density at radius 3 is 2.20 bits per heavy atom. The molecule has 0 radical (unpaired) electrons. The van der Waals surface area contributed by atoms with Gasteiger partial charge in [-0.25, -0.2) is 21.8 Å². The third-order valence-electron chi connectivity index (χ3n) is 7.24. The fourth-order valence-corrected chi connectivity index (χ4v) is 8.12. The van der Waals surface area contributed by atoms with E-state index in [0.29, 0.717) is 28.9 Å². The van der Waals surface area contributed by atoms with Crippen LogP contribution in [-0.4, -0.2) is 75.5 Å². The van der Waals surface area contributed by atoms with Gasteiger partial charge in [0, 0.05) is 32.4 Å². The number of hydrogen-bond acceptors (Lipinski definition) is 9. The van der Waals surface area contributed by atoms with Crippen molar-refractivity contribution in [2.75, 3.05) is 36.5 Å². The van der Waals surface area contributed by atoms with Crippen LogP contribution in [0.15, 0.2) is 53.4 Å². The van der Waals surface area contributed by atoms with Crippen molar-refractivity contribution in [2.24, 2.45) is 0 Å². The van der Waals surface area contributed by atoms with Crippen LogP contribution in [0.1, 0.15) is 51.8 Å². The summed E-state index contributed by atoms with van der Waals surface area (Å²) in [4.78, 5) is 32.0. The van der Waals surface area contributed by atoms with E-state index in [1.165, 1.54) is 0 Å². The number of Topliss-reactive ketones (excluding diaryl/α,β-unsaturated/α-hetero) is 1. The van der Waals surface area contributed by atoms with Gasteiger partial charge in [0.25, 0.3) is 0 Å². The number of carbonyl (C=O) groups is 2. The van der Waals surface area contributed by atoms with Crippen molar-refractivity contribution in [3.8, 4) is 0 Å². The molecule has 1 aliphatic rings. The topological polar surface area (TPSA) is 134 Å². The van der Waals surface area contributed by atoms with Crippen molar-refractivity contribution in [1.29, 1.82) is 0 Å². The lowest BCUT2D eigenvalue weighted by Gasteiger charge is -2.39. The first kappa shape index (κ1) is 34.5. The van der Waals surface area contributed by atoms with Crippen LogP contribution >= 0.6 is 11.3 Å². The molecule has 1 saturated heterocycles. The number of thiazole rings is 1. The van der Waals surface area contributed by atoms with E-state index in [1.54, 1.807) is 11.8 Å². The summed E-state index contributed by atoms with van der Waals surface area (Å²) in [6, 6.07) is 9.34. The second-order valence-corrected chi connectivity index (χ2v) is 16.1. The maximum atomic E-state index is 13.7. The van der Waals surface area contributed by atoms with Gasteiger partial charge in [0.05, 0.1) is 21.0 Å². The summed E-state index contributed by atoms with van der Waals surface area (Å²) >= 11 is 0.946. The smallest absolute Gasteiger partial charge is 0.351 e. The number of anilines is 1. The van der Waals surface area contributed by atoms with Crippen LogP contribution in [0.2, 0.25) is 0 Å². The third-order valence-corrected chi connectivity index (χ3v) is 11.2. The second kappa shape index (κ2) is 13.2. The number of carbonyl (C=O) groups excluding carboxylic acids is 2. The lowest BCUT2D eigenvalue weighted by atomic mass is 10.0. The summed E-state index contributed by atoms with van der Waals surface area (Å²) in [6.45, 7) is 5.41. The van der Waals surface area contributed by atoms with Gasteiger partial charge in [-0.05, 0) is 48.2 Å². The maximum absolute atomic E-state index is 13.7. The normalized spacial score (nSPS) is 16.6. The molecular weight excluding hydrogens is 654 g/mol. The van der Waals surface area contributed by atoms with E-state index in [1.807, 2.05) is 38.1 Å². The fraction of sp³-hybridized carbons (Fsp3) is 0.414. The minimum atomic E-state index is -4.66. The molecule has 0 aliphatic carbocycles. The molecule has 0 bridgehead atoms. The number of ketones is 1. The van der Waals surface area contributed by atoms with E-state index in [9.17, 15) is 39.6 Å². The Bertz CT molecular complexity index is 1770. The molecule has 1 aliphatic heterocycles. The van der Waals surface area contributed by atoms with Gasteiger partial charge < -0.3 is 10.2 Å². The van der Waals surface area contributed by atoms with E-state index in [2.05, 4.69) is 10.3 Å². The van der Waals surface area contributed by atoms with Gasteiger partial charge in [0.1, 0.15) is 11.8 Å². The number of sulfonamides is 1. The molecule has 0 saturated carbocycles. The molecule has 16 heteroatoms. The molecule has 1 N–H and O–H groups in total. The number of aryl methyl sites for hydroxylation is 1. The summed E-state index contributed by atoms with van der Waals surface area (Å²) in [5.41, 5.74) is 1.18. The minimum absolute atomic E-state index is 0.0486. The van der Waals surface area contributed by atoms with Crippen LogP contribution in [0.25, 0.3) is 0 Å². The van der Waals surface area contributed by atoms with E-state index < -0.39 is 60.0 Å². The number of hydrogen-bond donors (Lipinski definition) is 1. The van der Waals surface area contributed by atoms with Crippen LogP contribution in [0.4, 0.5) is 18.3 Å². The van der Waals surface area contributed by atoms with Gasteiger partial charge in [-0.2, -0.15) is 17.5 Å². The molecule has 1 fully saturated rings. The fourth-order valence-electron chi connectivity index (χ4n) is 4.80. The summed E-state index contributed by atoms with van der Waals surface area (Å²) in [6.07, 6.45) is -3.71. The third kappa shape index (κ3) is 8.28. The van der Waals surface area contributed by atoms with Crippen molar-refractivity contribution in [3.05, 3.63) is 75.8 Å². The average molecular weight is 687 g/mol. The number of aromatic nitrogens is 1.